The standard InChI is InChI=1S/C19H16Cl2N2O2/c20-13-2-1-12(9-14(13)21)23-17(24)19-10-18(19,11-5-7-22-8-6-11)15-3-4-16(19)25-15/h1-2,5-9,15-16H,3-4,10H2,(H,23,24). The van der Waals surface area contributed by atoms with Gasteiger partial charge in [-0.1, -0.05) is 23.2 Å². The quantitative estimate of drug-likeness (QED) is 0.874. The summed E-state index contributed by atoms with van der Waals surface area (Å²) in [5.74, 6) is 0.00917. The van der Waals surface area contributed by atoms with E-state index in [1.165, 1.54) is 0 Å². The molecular weight excluding hydrogens is 359 g/mol. The molecule has 0 radical (unpaired) electrons. The average molecular weight is 375 g/mol. The number of ether oxygens (including phenoxy) is 1. The van der Waals surface area contributed by atoms with Gasteiger partial charge in [0.05, 0.1) is 27.7 Å². The average Bonchev–Trinajstić information content (AvgIpc) is 3.03. The van der Waals surface area contributed by atoms with Crippen LogP contribution in [0.25, 0.3) is 0 Å². The Morgan fingerprint density at radius 3 is 2.64 bits per heavy atom. The van der Waals surface area contributed by atoms with E-state index in [2.05, 4.69) is 10.3 Å². The Labute approximate surface area is 155 Å². The maximum absolute atomic E-state index is 13.3. The van der Waals surface area contributed by atoms with Gasteiger partial charge >= 0.3 is 0 Å². The number of pyridine rings is 1. The van der Waals surface area contributed by atoms with Crippen LogP contribution in [-0.4, -0.2) is 23.1 Å². The first-order valence-corrected chi connectivity index (χ1v) is 9.16. The minimum atomic E-state index is -0.497. The Morgan fingerprint density at radius 2 is 1.88 bits per heavy atom. The van der Waals surface area contributed by atoms with E-state index in [1.54, 1.807) is 30.6 Å². The number of anilines is 1. The number of carbonyl (C=O) groups is 1. The fraction of sp³-hybridized carbons (Fsp3) is 0.368. The number of nitrogens with zero attached hydrogens (tertiary/aromatic N) is 1. The van der Waals surface area contributed by atoms with Gasteiger partial charge in [0.15, 0.2) is 0 Å². The van der Waals surface area contributed by atoms with Crippen molar-refractivity contribution in [1.29, 1.82) is 0 Å². The number of benzene rings is 1. The summed E-state index contributed by atoms with van der Waals surface area (Å²) in [6.07, 6.45) is 6.44. The molecule has 2 saturated heterocycles. The first kappa shape index (κ1) is 15.6. The van der Waals surface area contributed by atoms with E-state index in [4.69, 9.17) is 27.9 Å². The summed E-state index contributed by atoms with van der Waals surface area (Å²) in [6, 6.07) is 9.17. The Balaban J connectivity index is 1.50. The molecule has 6 heteroatoms. The van der Waals surface area contributed by atoms with Crippen LogP contribution < -0.4 is 5.32 Å². The maximum atomic E-state index is 13.3. The highest BCUT2D eigenvalue weighted by atomic mass is 35.5. The summed E-state index contributed by atoms with van der Waals surface area (Å²) in [4.78, 5) is 17.4. The predicted octanol–water partition coefficient (Wildman–Crippen LogP) is 4.22. The number of aromatic nitrogens is 1. The molecule has 2 aromatic rings. The molecule has 2 bridgehead atoms. The second kappa shape index (κ2) is 5.19. The van der Waals surface area contributed by atoms with Gasteiger partial charge in [0, 0.05) is 23.5 Å². The summed E-state index contributed by atoms with van der Waals surface area (Å²) in [5.41, 5.74) is 1.09. The number of halogens is 2. The van der Waals surface area contributed by atoms with Crippen LogP contribution in [0.5, 0.6) is 0 Å². The molecule has 4 atom stereocenters. The van der Waals surface area contributed by atoms with Crippen LogP contribution in [0.15, 0.2) is 42.7 Å². The van der Waals surface area contributed by atoms with Crippen molar-refractivity contribution < 1.29 is 9.53 Å². The Morgan fingerprint density at radius 1 is 1.12 bits per heavy atom. The second-order valence-corrected chi connectivity index (χ2v) is 7.94. The zero-order chi connectivity index (χ0) is 17.2. The molecule has 3 heterocycles. The smallest absolute Gasteiger partial charge is 0.234 e. The number of hydrogen-bond donors (Lipinski definition) is 1. The van der Waals surface area contributed by atoms with Gasteiger partial charge in [0.1, 0.15) is 0 Å². The Bertz CT molecular complexity index is 875. The van der Waals surface area contributed by atoms with E-state index in [0.29, 0.717) is 15.7 Å². The second-order valence-electron chi connectivity index (χ2n) is 7.13. The fourth-order valence-electron chi connectivity index (χ4n) is 5.00. The highest BCUT2D eigenvalue weighted by molar-refractivity contribution is 6.42. The lowest BCUT2D eigenvalue weighted by atomic mass is 9.75. The van der Waals surface area contributed by atoms with Crippen LogP contribution in [0.2, 0.25) is 10.0 Å². The van der Waals surface area contributed by atoms with Crippen LogP contribution in [0.4, 0.5) is 5.69 Å². The van der Waals surface area contributed by atoms with Crippen molar-refractivity contribution >= 4 is 34.8 Å². The largest absolute Gasteiger partial charge is 0.373 e. The molecule has 1 aromatic heterocycles. The minimum absolute atomic E-state index is 0.00917. The molecule has 4 unspecified atom stereocenters. The van der Waals surface area contributed by atoms with E-state index >= 15 is 0 Å². The summed E-state index contributed by atoms with van der Waals surface area (Å²) in [5, 5.41) is 3.93. The van der Waals surface area contributed by atoms with Crippen molar-refractivity contribution in [1.82, 2.24) is 4.98 Å². The van der Waals surface area contributed by atoms with Crippen LogP contribution in [0.3, 0.4) is 0 Å². The third kappa shape index (κ3) is 1.93. The zero-order valence-corrected chi connectivity index (χ0v) is 14.8. The molecule has 1 amide bonds. The topological polar surface area (TPSA) is 51.2 Å². The lowest BCUT2D eigenvalue weighted by Crippen LogP contribution is -2.39. The maximum Gasteiger partial charge on any atom is 0.234 e. The third-order valence-corrected chi connectivity index (χ3v) is 6.86. The summed E-state index contributed by atoms with van der Waals surface area (Å²) in [7, 11) is 0. The molecule has 3 aliphatic rings. The predicted molar refractivity (Wildman–Crippen MR) is 96.0 cm³/mol. The number of hydrogen-bond acceptors (Lipinski definition) is 3. The molecule has 0 spiro atoms. The molecule has 1 aromatic carbocycles. The molecule has 1 aliphatic carbocycles. The molecule has 128 valence electrons. The number of carbonyl (C=O) groups excluding carboxylic acids is 1. The third-order valence-electron chi connectivity index (χ3n) is 6.13. The summed E-state index contributed by atoms with van der Waals surface area (Å²) >= 11 is 12.0. The van der Waals surface area contributed by atoms with E-state index in [9.17, 15) is 4.79 Å². The summed E-state index contributed by atoms with van der Waals surface area (Å²) in [6.45, 7) is 0. The Hall–Kier alpha value is -1.62. The van der Waals surface area contributed by atoms with Crippen molar-refractivity contribution in [2.45, 2.75) is 36.9 Å². The monoisotopic (exact) mass is 374 g/mol. The van der Waals surface area contributed by atoms with E-state index in [-0.39, 0.29) is 23.5 Å². The number of nitrogens with one attached hydrogen (secondary N) is 1. The summed E-state index contributed by atoms with van der Waals surface area (Å²) < 4.78 is 6.17. The van der Waals surface area contributed by atoms with Gasteiger partial charge in [-0.25, -0.2) is 0 Å². The van der Waals surface area contributed by atoms with Crippen LogP contribution in [0, 0.1) is 5.41 Å². The fourth-order valence-corrected chi connectivity index (χ4v) is 5.30. The van der Waals surface area contributed by atoms with Gasteiger partial charge in [-0.05, 0) is 55.2 Å². The highest BCUT2D eigenvalue weighted by Gasteiger charge is 2.85. The van der Waals surface area contributed by atoms with Crippen LogP contribution in [-0.2, 0) is 14.9 Å². The number of fused-ring (bicyclic) bond motifs is 5. The lowest BCUT2D eigenvalue weighted by Gasteiger charge is -2.26. The van der Waals surface area contributed by atoms with Crippen molar-refractivity contribution in [2.75, 3.05) is 5.32 Å². The first-order chi connectivity index (χ1) is 12.1. The van der Waals surface area contributed by atoms with E-state index in [0.717, 1.165) is 24.8 Å². The number of amides is 1. The zero-order valence-electron chi connectivity index (χ0n) is 13.3. The van der Waals surface area contributed by atoms with Gasteiger partial charge in [-0.2, -0.15) is 0 Å². The molecule has 5 rings (SSSR count). The van der Waals surface area contributed by atoms with Crippen molar-refractivity contribution in [3.05, 3.63) is 58.3 Å². The first-order valence-electron chi connectivity index (χ1n) is 8.40. The molecule has 25 heavy (non-hydrogen) atoms. The molecule has 3 fully saturated rings. The van der Waals surface area contributed by atoms with Gasteiger partial charge < -0.3 is 10.1 Å². The van der Waals surface area contributed by atoms with Gasteiger partial charge in [-0.3, -0.25) is 9.78 Å². The van der Waals surface area contributed by atoms with Crippen LogP contribution >= 0.6 is 23.2 Å². The normalized spacial score (nSPS) is 34.6. The van der Waals surface area contributed by atoms with E-state index in [1.807, 2.05) is 12.1 Å². The van der Waals surface area contributed by atoms with Crippen LogP contribution in [0.1, 0.15) is 24.8 Å². The van der Waals surface area contributed by atoms with Gasteiger partial charge in [0.2, 0.25) is 5.91 Å². The highest BCUT2D eigenvalue weighted by Crippen LogP contribution is 2.77. The number of rotatable bonds is 3. The minimum Gasteiger partial charge on any atom is -0.373 e. The van der Waals surface area contributed by atoms with Gasteiger partial charge in [0.25, 0.3) is 0 Å². The van der Waals surface area contributed by atoms with Crippen molar-refractivity contribution in [2.24, 2.45) is 5.41 Å². The molecule has 4 nitrogen and oxygen atoms in total. The van der Waals surface area contributed by atoms with Crippen molar-refractivity contribution in [3.63, 3.8) is 0 Å². The molecule has 2 aliphatic heterocycles. The van der Waals surface area contributed by atoms with Gasteiger partial charge in [-0.15, -0.1) is 0 Å². The lowest BCUT2D eigenvalue weighted by molar-refractivity contribution is -0.124. The molecule has 1 N–H and O–H groups in total. The van der Waals surface area contributed by atoms with E-state index < -0.39 is 5.41 Å². The van der Waals surface area contributed by atoms with Crippen molar-refractivity contribution in [3.8, 4) is 0 Å². The molecular formula is C19H16Cl2N2O2. The SMILES string of the molecule is O=C(Nc1ccc(Cl)c(Cl)c1)C12CC1(c1ccncc1)C1CCC2O1. The Kier molecular flexibility index (Phi) is 3.25. The molecule has 1 saturated carbocycles.